The average Bonchev–Trinajstić information content (AvgIpc) is 3.26. The summed E-state index contributed by atoms with van der Waals surface area (Å²) in [4.78, 5) is 26.7. The van der Waals surface area contributed by atoms with Crippen LogP contribution < -0.4 is 9.47 Å². The van der Waals surface area contributed by atoms with Crippen LogP contribution in [0.1, 0.15) is 40.4 Å². The zero-order valence-electron chi connectivity index (χ0n) is 16.4. The smallest absolute Gasteiger partial charge is 0.338 e. The molecule has 0 spiro atoms. The quantitative estimate of drug-likeness (QED) is 0.700. The van der Waals surface area contributed by atoms with Crippen molar-refractivity contribution in [3.8, 4) is 17.6 Å². The third-order valence-electron chi connectivity index (χ3n) is 4.95. The molecule has 1 aliphatic heterocycles. The van der Waals surface area contributed by atoms with Crippen molar-refractivity contribution >= 4 is 11.9 Å². The fourth-order valence-corrected chi connectivity index (χ4v) is 3.46. The van der Waals surface area contributed by atoms with Crippen molar-refractivity contribution in [2.45, 2.75) is 18.9 Å². The molecule has 0 aromatic heterocycles. The van der Waals surface area contributed by atoms with Crippen LogP contribution in [0.2, 0.25) is 0 Å². The standard InChI is InChI=1S/C22H22N2O5/c1-27-17-9-10-20(28-2)18(12-17)19-4-3-11-24(19)21(25)14-29-22(26)16-7-5-15(13-23)6-8-16/h5-10,12,19H,3-4,11,14H2,1-2H3/t19-/m0/s1. The lowest BCUT2D eigenvalue weighted by Crippen LogP contribution is -2.34. The molecule has 0 saturated carbocycles. The van der Waals surface area contributed by atoms with Crippen molar-refractivity contribution < 1.29 is 23.8 Å². The van der Waals surface area contributed by atoms with Crippen LogP contribution in [0.25, 0.3) is 0 Å². The fourth-order valence-electron chi connectivity index (χ4n) is 3.46. The molecular weight excluding hydrogens is 372 g/mol. The predicted molar refractivity (Wildman–Crippen MR) is 105 cm³/mol. The van der Waals surface area contributed by atoms with Crippen molar-refractivity contribution in [2.75, 3.05) is 27.4 Å². The molecular formula is C22H22N2O5. The first-order chi connectivity index (χ1) is 14.1. The van der Waals surface area contributed by atoms with Crippen LogP contribution in [0.5, 0.6) is 11.5 Å². The molecule has 1 fully saturated rings. The number of esters is 1. The van der Waals surface area contributed by atoms with E-state index in [0.717, 1.165) is 18.4 Å². The lowest BCUT2D eigenvalue weighted by molar-refractivity contribution is -0.135. The molecule has 0 aliphatic carbocycles. The SMILES string of the molecule is COc1ccc(OC)c([C@@H]2CCCN2C(=O)COC(=O)c2ccc(C#N)cc2)c1. The lowest BCUT2D eigenvalue weighted by atomic mass is 10.0. The van der Waals surface area contributed by atoms with E-state index in [-0.39, 0.29) is 18.6 Å². The van der Waals surface area contributed by atoms with Gasteiger partial charge in [0.05, 0.1) is 37.5 Å². The van der Waals surface area contributed by atoms with Crippen LogP contribution in [-0.2, 0) is 9.53 Å². The number of benzene rings is 2. The molecule has 3 rings (SSSR count). The summed E-state index contributed by atoms with van der Waals surface area (Å²) in [6.45, 7) is 0.236. The number of ether oxygens (including phenoxy) is 3. The van der Waals surface area contributed by atoms with Crippen LogP contribution in [0.15, 0.2) is 42.5 Å². The average molecular weight is 394 g/mol. The largest absolute Gasteiger partial charge is 0.497 e. The molecule has 0 unspecified atom stereocenters. The van der Waals surface area contributed by atoms with Gasteiger partial charge in [0.25, 0.3) is 5.91 Å². The highest BCUT2D eigenvalue weighted by Gasteiger charge is 2.32. The van der Waals surface area contributed by atoms with Gasteiger partial charge in [0, 0.05) is 12.1 Å². The Bertz CT molecular complexity index is 933. The molecule has 7 heteroatoms. The second-order valence-electron chi connectivity index (χ2n) is 6.62. The summed E-state index contributed by atoms with van der Waals surface area (Å²) in [5.41, 5.74) is 1.62. The summed E-state index contributed by atoms with van der Waals surface area (Å²) in [7, 11) is 3.18. The van der Waals surface area contributed by atoms with Gasteiger partial charge in [-0.3, -0.25) is 4.79 Å². The fraction of sp³-hybridized carbons (Fsp3) is 0.318. The molecule has 1 atom stereocenters. The third kappa shape index (κ3) is 4.49. The summed E-state index contributed by atoms with van der Waals surface area (Å²) in [5.74, 6) is 0.509. The molecule has 1 aliphatic rings. The number of rotatable bonds is 6. The summed E-state index contributed by atoms with van der Waals surface area (Å²) >= 11 is 0. The van der Waals surface area contributed by atoms with E-state index >= 15 is 0 Å². The van der Waals surface area contributed by atoms with E-state index in [1.807, 2.05) is 24.3 Å². The first-order valence-corrected chi connectivity index (χ1v) is 9.26. The van der Waals surface area contributed by atoms with E-state index in [4.69, 9.17) is 19.5 Å². The molecule has 0 radical (unpaired) electrons. The zero-order chi connectivity index (χ0) is 20.8. The number of carbonyl (C=O) groups excluding carboxylic acids is 2. The van der Waals surface area contributed by atoms with Gasteiger partial charge in [-0.15, -0.1) is 0 Å². The Hall–Kier alpha value is -3.53. The van der Waals surface area contributed by atoms with Gasteiger partial charge in [-0.1, -0.05) is 0 Å². The zero-order valence-corrected chi connectivity index (χ0v) is 16.4. The Morgan fingerprint density at radius 1 is 1.14 bits per heavy atom. The van der Waals surface area contributed by atoms with E-state index in [1.54, 1.807) is 19.1 Å². The Labute approximate surface area is 169 Å². The normalized spacial score (nSPS) is 15.5. The van der Waals surface area contributed by atoms with Crippen molar-refractivity contribution in [3.63, 3.8) is 0 Å². The van der Waals surface area contributed by atoms with E-state index in [0.29, 0.717) is 29.2 Å². The summed E-state index contributed by atoms with van der Waals surface area (Å²) < 4.78 is 16.0. The topological polar surface area (TPSA) is 88.9 Å². The van der Waals surface area contributed by atoms with Crippen molar-refractivity contribution in [3.05, 3.63) is 59.2 Å². The van der Waals surface area contributed by atoms with Crippen LogP contribution in [0.4, 0.5) is 0 Å². The molecule has 1 saturated heterocycles. The molecule has 0 bridgehead atoms. The molecule has 0 N–H and O–H groups in total. The Kier molecular flexibility index (Phi) is 6.35. The number of methoxy groups -OCH3 is 2. The maximum atomic E-state index is 12.8. The summed E-state index contributed by atoms with van der Waals surface area (Å²) in [6, 6.07) is 13.4. The highest BCUT2D eigenvalue weighted by Crippen LogP contribution is 2.38. The van der Waals surface area contributed by atoms with Gasteiger partial charge < -0.3 is 19.1 Å². The van der Waals surface area contributed by atoms with Crippen LogP contribution in [0.3, 0.4) is 0 Å². The third-order valence-corrected chi connectivity index (χ3v) is 4.95. The second-order valence-corrected chi connectivity index (χ2v) is 6.62. The maximum absolute atomic E-state index is 12.8. The minimum absolute atomic E-state index is 0.166. The highest BCUT2D eigenvalue weighted by atomic mass is 16.5. The van der Waals surface area contributed by atoms with Gasteiger partial charge in [-0.2, -0.15) is 5.26 Å². The summed E-state index contributed by atoms with van der Waals surface area (Å²) in [5, 5.41) is 8.82. The second kappa shape index (κ2) is 9.11. The molecule has 7 nitrogen and oxygen atoms in total. The molecule has 29 heavy (non-hydrogen) atoms. The Morgan fingerprint density at radius 3 is 2.55 bits per heavy atom. The lowest BCUT2D eigenvalue weighted by Gasteiger charge is -2.26. The van der Waals surface area contributed by atoms with E-state index < -0.39 is 5.97 Å². The molecule has 2 aromatic carbocycles. The van der Waals surface area contributed by atoms with Crippen molar-refractivity contribution in [1.29, 1.82) is 5.26 Å². The minimum Gasteiger partial charge on any atom is -0.497 e. The van der Waals surface area contributed by atoms with Gasteiger partial charge in [0.15, 0.2) is 6.61 Å². The predicted octanol–water partition coefficient (Wildman–Crippen LogP) is 3.10. The van der Waals surface area contributed by atoms with Gasteiger partial charge in [0.2, 0.25) is 0 Å². The summed E-state index contributed by atoms with van der Waals surface area (Å²) in [6.07, 6.45) is 1.64. The van der Waals surface area contributed by atoms with Crippen LogP contribution >= 0.6 is 0 Å². The number of likely N-dealkylation sites (tertiary alicyclic amines) is 1. The molecule has 1 heterocycles. The number of hydrogen-bond acceptors (Lipinski definition) is 6. The molecule has 2 aromatic rings. The molecule has 150 valence electrons. The van der Waals surface area contributed by atoms with E-state index in [2.05, 4.69) is 0 Å². The van der Waals surface area contributed by atoms with Crippen LogP contribution in [0, 0.1) is 11.3 Å². The van der Waals surface area contributed by atoms with E-state index in [1.165, 1.54) is 24.3 Å². The first-order valence-electron chi connectivity index (χ1n) is 9.26. The number of nitrogens with zero attached hydrogens (tertiary/aromatic N) is 2. The number of amides is 1. The number of carbonyl (C=O) groups is 2. The Balaban J connectivity index is 1.69. The Morgan fingerprint density at radius 2 is 1.90 bits per heavy atom. The maximum Gasteiger partial charge on any atom is 0.338 e. The van der Waals surface area contributed by atoms with Crippen molar-refractivity contribution in [1.82, 2.24) is 4.90 Å². The van der Waals surface area contributed by atoms with Gasteiger partial charge in [0.1, 0.15) is 11.5 Å². The van der Waals surface area contributed by atoms with Gasteiger partial charge in [-0.05, 0) is 55.3 Å². The number of hydrogen-bond donors (Lipinski definition) is 0. The first kappa shape index (κ1) is 20.2. The van der Waals surface area contributed by atoms with Crippen molar-refractivity contribution in [2.24, 2.45) is 0 Å². The van der Waals surface area contributed by atoms with E-state index in [9.17, 15) is 9.59 Å². The molecule has 1 amide bonds. The monoisotopic (exact) mass is 394 g/mol. The number of nitriles is 1. The van der Waals surface area contributed by atoms with Gasteiger partial charge in [-0.25, -0.2) is 4.79 Å². The highest BCUT2D eigenvalue weighted by molar-refractivity contribution is 5.91. The van der Waals surface area contributed by atoms with Gasteiger partial charge >= 0.3 is 5.97 Å². The van der Waals surface area contributed by atoms with Crippen LogP contribution in [-0.4, -0.2) is 44.1 Å². The minimum atomic E-state index is -0.599.